The summed E-state index contributed by atoms with van der Waals surface area (Å²) < 4.78 is 2.25. The van der Waals surface area contributed by atoms with E-state index >= 15 is 0 Å². The lowest BCUT2D eigenvalue weighted by Crippen LogP contribution is -2.29. The van der Waals surface area contributed by atoms with Gasteiger partial charge in [0.05, 0.1) is 10.8 Å². The first kappa shape index (κ1) is 12.2. The molecule has 0 radical (unpaired) electrons. The highest BCUT2D eigenvalue weighted by Crippen LogP contribution is 2.30. The molecule has 0 unspecified atom stereocenters. The predicted octanol–water partition coefficient (Wildman–Crippen LogP) is 4.25. The second kappa shape index (κ2) is 4.34. The van der Waals surface area contributed by atoms with Crippen molar-refractivity contribution in [3.63, 3.8) is 0 Å². The third kappa shape index (κ3) is 1.81. The monoisotopic (exact) mass is 250 g/mol. The van der Waals surface area contributed by atoms with Crippen molar-refractivity contribution in [2.24, 2.45) is 7.05 Å². The molecular formula is C18H20N+. The predicted molar refractivity (Wildman–Crippen MR) is 81.5 cm³/mol. The van der Waals surface area contributed by atoms with E-state index in [2.05, 4.69) is 75.0 Å². The molecule has 3 aromatic rings. The summed E-state index contributed by atoms with van der Waals surface area (Å²) in [5, 5.41) is 4.08. The fraction of sp³-hybridized carbons (Fsp3) is 0.278. The van der Waals surface area contributed by atoms with Crippen LogP contribution in [0.3, 0.4) is 0 Å². The average Bonchev–Trinajstić information content (AvgIpc) is 2.38. The molecule has 0 atom stereocenters. The van der Waals surface area contributed by atoms with E-state index in [1.807, 2.05) is 0 Å². The van der Waals surface area contributed by atoms with Crippen molar-refractivity contribution in [1.29, 1.82) is 0 Å². The van der Waals surface area contributed by atoms with E-state index in [9.17, 15) is 0 Å². The van der Waals surface area contributed by atoms with Crippen LogP contribution in [0.1, 0.15) is 30.9 Å². The molecule has 19 heavy (non-hydrogen) atoms. The number of fused-ring (bicyclic) bond motifs is 3. The van der Waals surface area contributed by atoms with Crippen molar-refractivity contribution >= 4 is 21.7 Å². The van der Waals surface area contributed by atoms with Gasteiger partial charge in [0.2, 0.25) is 5.52 Å². The summed E-state index contributed by atoms with van der Waals surface area (Å²) in [7, 11) is 2.14. The number of aryl methyl sites for hydroxylation is 2. The van der Waals surface area contributed by atoms with E-state index in [4.69, 9.17) is 0 Å². The van der Waals surface area contributed by atoms with E-state index in [0.717, 1.165) is 0 Å². The molecule has 0 amide bonds. The van der Waals surface area contributed by atoms with Crippen LogP contribution < -0.4 is 4.57 Å². The van der Waals surface area contributed by atoms with Crippen LogP contribution in [0.4, 0.5) is 0 Å². The second-order valence-electron chi connectivity index (χ2n) is 5.67. The summed E-state index contributed by atoms with van der Waals surface area (Å²) in [6.07, 6.45) is 2.18. The van der Waals surface area contributed by atoms with Crippen molar-refractivity contribution in [2.75, 3.05) is 0 Å². The second-order valence-corrected chi connectivity index (χ2v) is 5.67. The first-order valence-corrected chi connectivity index (χ1v) is 6.90. The minimum absolute atomic E-state index is 0.546. The molecule has 1 heterocycles. The van der Waals surface area contributed by atoms with Crippen LogP contribution in [0.15, 0.2) is 42.6 Å². The maximum absolute atomic E-state index is 2.27. The van der Waals surface area contributed by atoms with Crippen molar-refractivity contribution in [3.8, 4) is 0 Å². The first-order valence-electron chi connectivity index (χ1n) is 6.90. The maximum Gasteiger partial charge on any atom is 0.220 e. The van der Waals surface area contributed by atoms with E-state index < -0.39 is 0 Å². The van der Waals surface area contributed by atoms with Gasteiger partial charge in [-0.3, -0.25) is 0 Å². The molecule has 1 aromatic heterocycles. The number of rotatable bonds is 1. The van der Waals surface area contributed by atoms with Gasteiger partial charge in [-0.2, -0.15) is 0 Å². The summed E-state index contributed by atoms with van der Waals surface area (Å²) in [6, 6.07) is 13.3. The Morgan fingerprint density at radius 3 is 2.53 bits per heavy atom. The molecule has 0 saturated heterocycles. The molecule has 96 valence electrons. The lowest BCUT2D eigenvalue weighted by molar-refractivity contribution is -0.644. The van der Waals surface area contributed by atoms with Crippen molar-refractivity contribution in [2.45, 2.75) is 26.7 Å². The molecule has 0 saturated carbocycles. The van der Waals surface area contributed by atoms with Crippen LogP contribution in [0, 0.1) is 6.92 Å². The molecule has 1 nitrogen and oxygen atoms in total. The van der Waals surface area contributed by atoms with Gasteiger partial charge in [0.1, 0.15) is 7.05 Å². The van der Waals surface area contributed by atoms with Crippen molar-refractivity contribution in [3.05, 3.63) is 53.7 Å². The molecule has 0 N–H and O–H groups in total. The molecule has 0 spiro atoms. The Bertz CT molecular complexity index is 769. The average molecular weight is 250 g/mol. The van der Waals surface area contributed by atoms with Gasteiger partial charge >= 0.3 is 0 Å². The van der Waals surface area contributed by atoms with E-state index in [0.29, 0.717) is 5.92 Å². The number of aromatic nitrogens is 1. The zero-order valence-corrected chi connectivity index (χ0v) is 12.1. The van der Waals surface area contributed by atoms with Crippen molar-refractivity contribution < 1.29 is 4.57 Å². The Hall–Kier alpha value is -1.89. The zero-order valence-electron chi connectivity index (χ0n) is 12.1. The van der Waals surface area contributed by atoms with Crippen LogP contribution in [-0.4, -0.2) is 0 Å². The molecule has 0 aliphatic heterocycles. The highest BCUT2D eigenvalue weighted by atomic mass is 14.9. The maximum atomic E-state index is 2.27. The van der Waals surface area contributed by atoms with Crippen LogP contribution in [0.5, 0.6) is 0 Å². The van der Waals surface area contributed by atoms with Crippen LogP contribution >= 0.6 is 0 Å². The minimum atomic E-state index is 0.546. The smallest absolute Gasteiger partial charge is 0.200 e. The first-order chi connectivity index (χ1) is 9.09. The van der Waals surface area contributed by atoms with Gasteiger partial charge in [0.15, 0.2) is 6.20 Å². The molecule has 0 aliphatic rings. The number of benzene rings is 2. The Morgan fingerprint density at radius 1 is 1.00 bits per heavy atom. The summed E-state index contributed by atoms with van der Waals surface area (Å²) in [5.41, 5.74) is 4.12. The fourth-order valence-corrected chi connectivity index (χ4v) is 3.00. The molecular weight excluding hydrogens is 230 g/mol. The summed E-state index contributed by atoms with van der Waals surface area (Å²) in [4.78, 5) is 0. The van der Waals surface area contributed by atoms with Gasteiger partial charge in [0.25, 0.3) is 0 Å². The van der Waals surface area contributed by atoms with Crippen LogP contribution in [0.2, 0.25) is 0 Å². The van der Waals surface area contributed by atoms with Crippen LogP contribution in [0.25, 0.3) is 21.7 Å². The Kier molecular flexibility index (Phi) is 2.78. The van der Waals surface area contributed by atoms with E-state index in [1.165, 1.54) is 32.8 Å². The lowest BCUT2D eigenvalue weighted by atomic mass is 9.94. The highest BCUT2D eigenvalue weighted by molar-refractivity contribution is 6.06. The molecule has 0 bridgehead atoms. The van der Waals surface area contributed by atoms with Gasteiger partial charge < -0.3 is 0 Å². The van der Waals surface area contributed by atoms with E-state index in [-0.39, 0.29) is 0 Å². The topological polar surface area (TPSA) is 3.88 Å². The fourth-order valence-electron chi connectivity index (χ4n) is 3.00. The SMILES string of the molecule is Cc1cccc2ccc3c(C(C)C)cc[n+](C)c3c12. The van der Waals surface area contributed by atoms with Crippen LogP contribution in [-0.2, 0) is 7.05 Å². The quantitative estimate of drug-likeness (QED) is 0.449. The normalized spacial score (nSPS) is 11.6. The molecule has 0 aliphatic carbocycles. The van der Waals surface area contributed by atoms with Gasteiger partial charge in [-0.1, -0.05) is 38.1 Å². The van der Waals surface area contributed by atoms with Gasteiger partial charge in [0, 0.05) is 6.07 Å². The van der Waals surface area contributed by atoms with Gasteiger partial charge in [-0.15, -0.1) is 0 Å². The van der Waals surface area contributed by atoms with Crippen molar-refractivity contribution in [1.82, 2.24) is 0 Å². The number of nitrogens with zero attached hydrogens (tertiary/aromatic N) is 1. The molecule has 1 heteroatoms. The third-order valence-electron chi connectivity index (χ3n) is 3.99. The summed E-state index contributed by atoms with van der Waals surface area (Å²) in [5.74, 6) is 0.546. The van der Waals surface area contributed by atoms with E-state index in [1.54, 1.807) is 0 Å². The zero-order chi connectivity index (χ0) is 13.6. The Labute approximate surface area is 114 Å². The molecule has 0 fully saturated rings. The number of hydrogen-bond acceptors (Lipinski definition) is 0. The summed E-state index contributed by atoms with van der Waals surface area (Å²) >= 11 is 0. The Morgan fingerprint density at radius 2 is 1.79 bits per heavy atom. The third-order valence-corrected chi connectivity index (χ3v) is 3.99. The highest BCUT2D eigenvalue weighted by Gasteiger charge is 2.16. The molecule has 2 aromatic carbocycles. The van der Waals surface area contributed by atoms with Gasteiger partial charge in [-0.05, 0) is 35.4 Å². The Balaban J connectivity index is 2.58. The lowest BCUT2D eigenvalue weighted by Gasteiger charge is -2.11. The summed E-state index contributed by atoms with van der Waals surface area (Å²) in [6.45, 7) is 6.72. The minimum Gasteiger partial charge on any atom is -0.200 e. The largest absolute Gasteiger partial charge is 0.220 e. The number of hydrogen-bond donors (Lipinski definition) is 0. The molecule has 3 rings (SSSR count). The van der Waals surface area contributed by atoms with Gasteiger partial charge in [-0.25, -0.2) is 4.57 Å². The standard InChI is InChI=1S/C18H20N/c1-12(2)15-10-11-19(4)18-16(15)9-8-14-7-5-6-13(3)17(14)18/h5-12H,1-4H3/q+1. The number of pyridine rings is 1.